The smallest absolute Gasteiger partial charge is 0.323 e. The maximum absolute atomic E-state index is 13.3. The summed E-state index contributed by atoms with van der Waals surface area (Å²) in [7, 11) is 0. The van der Waals surface area contributed by atoms with Crippen molar-refractivity contribution in [3.63, 3.8) is 0 Å². The zero-order valence-corrected chi connectivity index (χ0v) is 21.4. The predicted molar refractivity (Wildman–Crippen MR) is 148 cm³/mol. The lowest BCUT2D eigenvalue weighted by Crippen LogP contribution is -2.35. The van der Waals surface area contributed by atoms with Crippen LogP contribution in [0.4, 0.5) is 21.9 Å². The number of anilines is 3. The molecular formula is C30H36N4O2. The lowest BCUT2D eigenvalue weighted by Gasteiger charge is -2.33. The molecule has 1 aliphatic rings. The largest absolute Gasteiger partial charge is 0.371 e. The van der Waals surface area contributed by atoms with Crippen LogP contribution in [-0.2, 0) is 6.54 Å². The number of piperidine rings is 1. The molecule has 0 aromatic heterocycles. The summed E-state index contributed by atoms with van der Waals surface area (Å²) < 4.78 is 0. The average Bonchev–Trinajstić information content (AvgIpc) is 2.88. The number of benzene rings is 3. The van der Waals surface area contributed by atoms with Gasteiger partial charge in [-0.3, -0.25) is 4.79 Å². The molecule has 0 unspecified atom stereocenters. The Hall–Kier alpha value is -3.80. The highest BCUT2D eigenvalue weighted by Gasteiger charge is 2.22. The number of nitrogens with zero attached hydrogens (tertiary/aromatic N) is 1. The van der Waals surface area contributed by atoms with E-state index in [-0.39, 0.29) is 11.9 Å². The van der Waals surface area contributed by atoms with E-state index in [2.05, 4.69) is 41.6 Å². The highest BCUT2D eigenvalue weighted by molar-refractivity contribution is 6.04. The standard InChI is InChI=1S/C30H36N4O2/c1-21(2)24-9-11-25(12-10-24)32-30(36)33-26-13-14-28(34-17-15-22(3)16-18-34)27(19-26)29(35)31-20-23-7-5-4-6-8-23/h4-14,19,21-22H,15-18,20H2,1-3H3,(H,31,35)(H2,32,33,36). The van der Waals surface area contributed by atoms with Gasteiger partial charge in [0.25, 0.3) is 5.91 Å². The fourth-order valence-corrected chi connectivity index (χ4v) is 4.44. The Bertz CT molecular complexity index is 1170. The van der Waals surface area contributed by atoms with Crippen molar-refractivity contribution < 1.29 is 9.59 Å². The van der Waals surface area contributed by atoms with E-state index in [1.807, 2.05) is 66.7 Å². The third kappa shape index (κ3) is 6.66. The van der Waals surface area contributed by atoms with E-state index in [4.69, 9.17) is 0 Å². The molecule has 0 atom stereocenters. The van der Waals surface area contributed by atoms with Crippen LogP contribution in [0.1, 0.15) is 61.0 Å². The zero-order chi connectivity index (χ0) is 25.5. The SMILES string of the molecule is CC1CCN(c2ccc(NC(=O)Nc3ccc(C(C)C)cc3)cc2C(=O)NCc2ccccc2)CC1. The van der Waals surface area contributed by atoms with Gasteiger partial charge in [0, 0.05) is 36.7 Å². The minimum Gasteiger partial charge on any atom is -0.371 e. The third-order valence-electron chi connectivity index (χ3n) is 6.75. The molecule has 36 heavy (non-hydrogen) atoms. The van der Waals surface area contributed by atoms with E-state index in [0.717, 1.165) is 42.9 Å². The Balaban J connectivity index is 1.49. The van der Waals surface area contributed by atoms with Crippen molar-refractivity contribution in [3.8, 4) is 0 Å². The number of rotatable bonds is 7. The second-order valence-electron chi connectivity index (χ2n) is 9.93. The first-order valence-electron chi connectivity index (χ1n) is 12.8. The van der Waals surface area contributed by atoms with Crippen molar-refractivity contribution in [2.24, 2.45) is 5.92 Å². The lowest BCUT2D eigenvalue weighted by molar-refractivity contribution is 0.0951. The van der Waals surface area contributed by atoms with Crippen LogP contribution in [0, 0.1) is 5.92 Å². The van der Waals surface area contributed by atoms with Gasteiger partial charge in [-0.05, 0) is 66.1 Å². The van der Waals surface area contributed by atoms with Crippen molar-refractivity contribution >= 4 is 29.0 Å². The number of urea groups is 1. The first-order chi connectivity index (χ1) is 17.4. The maximum atomic E-state index is 13.3. The van der Waals surface area contributed by atoms with Crippen molar-refractivity contribution in [2.45, 2.75) is 46.1 Å². The summed E-state index contributed by atoms with van der Waals surface area (Å²) >= 11 is 0. The molecular weight excluding hydrogens is 448 g/mol. The number of carbonyl (C=O) groups is 2. The molecule has 3 N–H and O–H groups in total. The van der Waals surface area contributed by atoms with Crippen molar-refractivity contribution in [2.75, 3.05) is 28.6 Å². The zero-order valence-electron chi connectivity index (χ0n) is 21.4. The van der Waals surface area contributed by atoms with Crippen LogP contribution in [0.15, 0.2) is 72.8 Å². The molecule has 0 aliphatic carbocycles. The number of carbonyl (C=O) groups excluding carboxylic acids is 2. The number of hydrogen-bond acceptors (Lipinski definition) is 3. The molecule has 3 aromatic carbocycles. The fourth-order valence-electron chi connectivity index (χ4n) is 4.44. The summed E-state index contributed by atoms with van der Waals surface area (Å²) in [6, 6.07) is 22.9. The van der Waals surface area contributed by atoms with Crippen LogP contribution in [0.3, 0.4) is 0 Å². The van der Waals surface area contributed by atoms with Crippen molar-refractivity contribution in [3.05, 3.63) is 89.5 Å². The van der Waals surface area contributed by atoms with Crippen molar-refractivity contribution in [1.82, 2.24) is 5.32 Å². The van der Waals surface area contributed by atoms with Gasteiger partial charge in [-0.15, -0.1) is 0 Å². The average molecular weight is 485 g/mol. The maximum Gasteiger partial charge on any atom is 0.323 e. The first-order valence-corrected chi connectivity index (χ1v) is 12.8. The molecule has 0 spiro atoms. The van der Waals surface area contributed by atoms with Crippen LogP contribution in [-0.4, -0.2) is 25.0 Å². The molecule has 0 radical (unpaired) electrons. The van der Waals surface area contributed by atoms with Gasteiger partial charge < -0.3 is 20.9 Å². The number of nitrogens with one attached hydrogen (secondary N) is 3. The van der Waals surface area contributed by atoms with Crippen LogP contribution >= 0.6 is 0 Å². The Kier molecular flexibility index (Phi) is 8.26. The second-order valence-corrected chi connectivity index (χ2v) is 9.93. The highest BCUT2D eigenvalue weighted by atomic mass is 16.2. The van der Waals surface area contributed by atoms with Gasteiger partial charge in [0.1, 0.15) is 0 Å². The van der Waals surface area contributed by atoms with Gasteiger partial charge in [0.2, 0.25) is 0 Å². The van der Waals surface area contributed by atoms with E-state index < -0.39 is 0 Å². The molecule has 0 saturated carbocycles. The van der Waals surface area contributed by atoms with E-state index in [1.165, 1.54) is 5.56 Å². The predicted octanol–water partition coefficient (Wildman–Crippen LogP) is 6.62. The molecule has 1 saturated heterocycles. The van der Waals surface area contributed by atoms with Gasteiger partial charge >= 0.3 is 6.03 Å². The van der Waals surface area contributed by atoms with Crippen LogP contribution in [0.25, 0.3) is 0 Å². The summed E-state index contributed by atoms with van der Waals surface area (Å²) in [5.74, 6) is 0.970. The van der Waals surface area contributed by atoms with Crippen LogP contribution < -0.4 is 20.9 Å². The number of hydrogen-bond donors (Lipinski definition) is 3. The molecule has 4 rings (SSSR count). The highest BCUT2D eigenvalue weighted by Crippen LogP contribution is 2.29. The minimum atomic E-state index is -0.345. The van der Waals surface area contributed by atoms with Crippen LogP contribution in [0.5, 0.6) is 0 Å². The minimum absolute atomic E-state index is 0.152. The van der Waals surface area contributed by atoms with E-state index in [9.17, 15) is 9.59 Å². The molecule has 3 aromatic rings. The molecule has 0 bridgehead atoms. The molecule has 188 valence electrons. The Morgan fingerprint density at radius 2 is 1.53 bits per heavy atom. The summed E-state index contributed by atoms with van der Waals surface area (Å²) in [5.41, 5.74) is 5.02. The Labute approximate surface area is 214 Å². The summed E-state index contributed by atoms with van der Waals surface area (Å²) in [6.07, 6.45) is 2.20. The van der Waals surface area contributed by atoms with E-state index >= 15 is 0 Å². The van der Waals surface area contributed by atoms with Crippen LogP contribution in [0.2, 0.25) is 0 Å². The molecule has 3 amide bonds. The van der Waals surface area contributed by atoms with Gasteiger partial charge in [0.15, 0.2) is 0 Å². The molecule has 1 heterocycles. The van der Waals surface area contributed by atoms with E-state index in [0.29, 0.717) is 29.6 Å². The molecule has 1 aliphatic heterocycles. The second kappa shape index (κ2) is 11.8. The first kappa shape index (κ1) is 25.3. The number of amides is 3. The summed E-state index contributed by atoms with van der Waals surface area (Å²) in [5, 5.41) is 8.80. The van der Waals surface area contributed by atoms with Gasteiger partial charge in [-0.2, -0.15) is 0 Å². The monoisotopic (exact) mass is 484 g/mol. The summed E-state index contributed by atoms with van der Waals surface area (Å²) in [6.45, 7) is 8.82. The molecule has 6 heteroatoms. The molecule has 1 fully saturated rings. The summed E-state index contributed by atoms with van der Waals surface area (Å²) in [4.78, 5) is 28.3. The Morgan fingerprint density at radius 1 is 0.889 bits per heavy atom. The fraction of sp³-hybridized carbons (Fsp3) is 0.333. The quantitative estimate of drug-likeness (QED) is 0.353. The normalized spacial score (nSPS) is 13.9. The lowest BCUT2D eigenvalue weighted by atomic mass is 9.97. The third-order valence-corrected chi connectivity index (χ3v) is 6.75. The van der Waals surface area contributed by atoms with E-state index in [1.54, 1.807) is 6.07 Å². The molecule has 6 nitrogen and oxygen atoms in total. The van der Waals surface area contributed by atoms with Gasteiger partial charge in [0.05, 0.1) is 5.56 Å². The van der Waals surface area contributed by atoms with Crippen molar-refractivity contribution in [1.29, 1.82) is 0 Å². The van der Waals surface area contributed by atoms with Gasteiger partial charge in [-0.25, -0.2) is 4.79 Å². The topological polar surface area (TPSA) is 73.5 Å². The Morgan fingerprint density at radius 3 is 2.19 bits per heavy atom. The van der Waals surface area contributed by atoms with Gasteiger partial charge in [-0.1, -0.05) is 63.2 Å².